The van der Waals surface area contributed by atoms with Crippen LogP contribution in [0.2, 0.25) is 0 Å². The molecule has 0 spiro atoms. The summed E-state index contributed by atoms with van der Waals surface area (Å²) in [6.07, 6.45) is -0.334. The Morgan fingerprint density at radius 2 is 1.48 bits per heavy atom. The highest BCUT2D eigenvalue weighted by Gasteiger charge is 2.44. The first-order valence-electron chi connectivity index (χ1n) is 8.32. The normalized spacial score (nSPS) is 21.7. The Hall–Kier alpha value is -2.98. The van der Waals surface area contributed by atoms with E-state index in [4.69, 9.17) is 0 Å². The van der Waals surface area contributed by atoms with E-state index in [2.05, 4.69) is 0 Å². The predicted octanol–water partition coefficient (Wildman–Crippen LogP) is 3.09. The standard InChI is InChI=1S/C21H15NO3/c23-17-11-13-5-1-2-8-14(13)19(17)22-20(24)15-9-3-6-12-7-4-10-16(18(12)15)21(22)25/h1-10,17,19,23H,11H2/t17-,19+/m1/s1. The number of nitrogens with zero attached hydrogens (tertiary/aromatic N) is 1. The third kappa shape index (κ3) is 1.86. The van der Waals surface area contributed by atoms with Crippen LogP contribution in [0.5, 0.6) is 0 Å². The van der Waals surface area contributed by atoms with E-state index in [0.717, 1.165) is 16.5 Å². The second-order valence-corrected chi connectivity index (χ2v) is 6.60. The van der Waals surface area contributed by atoms with Crippen molar-refractivity contribution in [1.29, 1.82) is 0 Å². The average Bonchev–Trinajstić information content (AvgIpc) is 2.96. The highest BCUT2D eigenvalue weighted by Crippen LogP contribution is 2.40. The monoisotopic (exact) mass is 329 g/mol. The van der Waals surface area contributed by atoms with Crippen LogP contribution in [0.25, 0.3) is 10.8 Å². The first kappa shape index (κ1) is 14.4. The predicted molar refractivity (Wildman–Crippen MR) is 93.3 cm³/mol. The number of hydrogen-bond donors (Lipinski definition) is 1. The molecule has 1 aliphatic heterocycles. The largest absolute Gasteiger partial charge is 0.390 e. The molecule has 1 heterocycles. The quantitative estimate of drug-likeness (QED) is 0.698. The van der Waals surface area contributed by atoms with Crippen LogP contribution in [0.4, 0.5) is 0 Å². The van der Waals surface area contributed by atoms with Gasteiger partial charge in [-0.15, -0.1) is 0 Å². The Kier molecular flexibility index (Phi) is 2.88. The van der Waals surface area contributed by atoms with Gasteiger partial charge in [0.15, 0.2) is 0 Å². The zero-order valence-electron chi connectivity index (χ0n) is 13.3. The molecule has 0 saturated carbocycles. The lowest BCUT2D eigenvalue weighted by molar-refractivity contribution is 0.0340. The van der Waals surface area contributed by atoms with Gasteiger partial charge in [0.05, 0.1) is 12.1 Å². The van der Waals surface area contributed by atoms with Crippen LogP contribution in [0.3, 0.4) is 0 Å². The fourth-order valence-electron chi connectivity index (χ4n) is 4.17. The van der Waals surface area contributed by atoms with Crippen LogP contribution in [0.1, 0.15) is 37.9 Å². The molecular weight excluding hydrogens is 314 g/mol. The third-order valence-electron chi connectivity index (χ3n) is 5.25. The van der Waals surface area contributed by atoms with Gasteiger partial charge in [-0.05, 0) is 28.6 Å². The summed E-state index contributed by atoms with van der Waals surface area (Å²) in [4.78, 5) is 27.5. The van der Waals surface area contributed by atoms with Crippen LogP contribution in [-0.2, 0) is 6.42 Å². The van der Waals surface area contributed by atoms with Crippen LogP contribution in [0.15, 0.2) is 60.7 Å². The number of carbonyl (C=O) groups excluding carboxylic acids is 2. The molecule has 3 aromatic carbocycles. The summed E-state index contributed by atoms with van der Waals surface area (Å²) in [7, 11) is 0. The van der Waals surface area contributed by atoms with Crippen LogP contribution in [0, 0.1) is 0 Å². The minimum absolute atomic E-state index is 0.338. The lowest BCUT2D eigenvalue weighted by Crippen LogP contribution is -2.45. The van der Waals surface area contributed by atoms with Gasteiger partial charge in [-0.1, -0.05) is 48.5 Å². The fourth-order valence-corrected chi connectivity index (χ4v) is 4.17. The summed E-state index contributed by atoms with van der Waals surface area (Å²) in [6.45, 7) is 0. The number of benzene rings is 3. The van der Waals surface area contributed by atoms with Crippen molar-refractivity contribution in [1.82, 2.24) is 4.90 Å². The molecule has 4 heteroatoms. The summed E-state index contributed by atoms with van der Waals surface area (Å²) >= 11 is 0. The van der Waals surface area contributed by atoms with Gasteiger partial charge >= 0.3 is 0 Å². The maximum absolute atomic E-state index is 13.1. The van der Waals surface area contributed by atoms with E-state index in [1.807, 2.05) is 48.5 Å². The molecule has 1 N–H and O–H groups in total. The van der Waals surface area contributed by atoms with E-state index in [0.29, 0.717) is 22.9 Å². The molecule has 1 aliphatic carbocycles. The molecule has 0 aromatic heterocycles. The number of hydrogen-bond acceptors (Lipinski definition) is 3. The number of aliphatic hydroxyl groups excluding tert-OH is 1. The molecule has 5 rings (SSSR count). The molecule has 0 bridgehead atoms. The Morgan fingerprint density at radius 3 is 2.16 bits per heavy atom. The molecule has 2 amide bonds. The summed E-state index contributed by atoms with van der Waals surface area (Å²) in [5, 5.41) is 12.2. The first-order chi connectivity index (χ1) is 12.2. The minimum Gasteiger partial charge on any atom is -0.390 e. The Labute approximate surface area is 144 Å². The lowest BCUT2D eigenvalue weighted by atomic mass is 9.92. The highest BCUT2D eigenvalue weighted by molar-refractivity contribution is 6.25. The minimum atomic E-state index is -0.783. The number of aliphatic hydroxyl groups is 1. The topological polar surface area (TPSA) is 57.6 Å². The van der Waals surface area contributed by atoms with Gasteiger partial charge in [0, 0.05) is 22.9 Å². The van der Waals surface area contributed by atoms with Crippen LogP contribution >= 0.6 is 0 Å². The van der Waals surface area contributed by atoms with Crippen LogP contribution in [-0.4, -0.2) is 27.9 Å². The van der Waals surface area contributed by atoms with Gasteiger partial charge < -0.3 is 5.11 Å². The zero-order valence-corrected chi connectivity index (χ0v) is 13.3. The molecule has 0 unspecified atom stereocenters. The van der Waals surface area contributed by atoms with Gasteiger partial charge in [0.2, 0.25) is 0 Å². The van der Waals surface area contributed by atoms with E-state index in [1.54, 1.807) is 12.1 Å². The number of fused-ring (bicyclic) bond motifs is 1. The van der Waals surface area contributed by atoms with Crippen molar-refractivity contribution in [2.75, 3.05) is 0 Å². The maximum Gasteiger partial charge on any atom is 0.262 e. The first-order valence-corrected chi connectivity index (χ1v) is 8.32. The van der Waals surface area contributed by atoms with Crippen molar-refractivity contribution in [3.05, 3.63) is 82.9 Å². The molecule has 25 heavy (non-hydrogen) atoms. The van der Waals surface area contributed by atoms with Gasteiger partial charge in [0.1, 0.15) is 0 Å². The number of imide groups is 1. The molecule has 0 fully saturated rings. The summed E-state index contributed by atoms with van der Waals surface area (Å²) < 4.78 is 0. The molecule has 0 radical (unpaired) electrons. The summed E-state index contributed by atoms with van der Waals surface area (Å²) in [5.74, 6) is -0.676. The van der Waals surface area contributed by atoms with Gasteiger partial charge in [-0.3, -0.25) is 14.5 Å². The highest BCUT2D eigenvalue weighted by atomic mass is 16.3. The molecule has 3 aromatic rings. The van der Waals surface area contributed by atoms with E-state index >= 15 is 0 Å². The van der Waals surface area contributed by atoms with Crippen molar-refractivity contribution in [2.45, 2.75) is 18.6 Å². The summed E-state index contributed by atoms with van der Waals surface area (Å²) in [5.41, 5.74) is 2.87. The van der Waals surface area contributed by atoms with Gasteiger partial charge in [0.25, 0.3) is 11.8 Å². The number of rotatable bonds is 1. The number of carbonyl (C=O) groups is 2. The maximum atomic E-state index is 13.1. The second kappa shape index (κ2) is 5.01. The van der Waals surface area contributed by atoms with Gasteiger partial charge in [-0.25, -0.2) is 0 Å². The van der Waals surface area contributed by atoms with E-state index in [9.17, 15) is 14.7 Å². The molecule has 2 aliphatic rings. The molecular formula is C21H15NO3. The van der Waals surface area contributed by atoms with Crippen molar-refractivity contribution >= 4 is 22.6 Å². The molecule has 0 saturated heterocycles. The Morgan fingerprint density at radius 1 is 0.840 bits per heavy atom. The van der Waals surface area contributed by atoms with Crippen LogP contribution < -0.4 is 0 Å². The number of amides is 2. The Bertz CT molecular complexity index is 1010. The zero-order chi connectivity index (χ0) is 17.1. The molecule has 4 nitrogen and oxygen atoms in total. The second-order valence-electron chi connectivity index (χ2n) is 6.60. The smallest absolute Gasteiger partial charge is 0.262 e. The molecule has 2 atom stereocenters. The van der Waals surface area contributed by atoms with Crippen molar-refractivity contribution in [3.63, 3.8) is 0 Å². The van der Waals surface area contributed by atoms with E-state index in [-0.39, 0.29) is 11.8 Å². The van der Waals surface area contributed by atoms with Gasteiger partial charge in [-0.2, -0.15) is 0 Å². The fraction of sp³-hybridized carbons (Fsp3) is 0.143. The van der Waals surface area contributed by atoms with E-state index in [1.165, 1.54) is 4.90 Å². The Balaban J connectivity index is 1.73. The summed E-state index contributed by atoms with van der Waals surface area (Å²) in [6, 6.07) is 17.9. The lowest BCUT2D eigenvalue weighted by Gasteiger charge is -2.33. The average molecular weight is 329 g/mol. The van der Waals surface area contributed by atoms with Crippen molar-refractivity contribution < 1.29 is 14.7 Å². The third-order valence-corrected chi connectivity index (χ3v) is 5.25. The SMILES string of the molecule is O=C1c2cccc3cccc(c23)C(=O)N1[C@H]1c2ccccc2C[C@H]1O. The van der Waals surface area contributed by atoms with Crippen molar-refractivity contribution in [3.8, 4) is 0 Å². The van der Waals surface area contributed by atoms with E-state index < -0.39 is 12.1 Å². The molecule has 122 valence electrons. The van der Waals surface area contributed by atoms with Crippen molar-refractivity contribution in [2.24, 2.45) is 0 Å².